The summed E-state index contributed by atoms with van der Waals surface area (Å²) >= 11 is 0. The molecule has 3 rings (SSSR count). The Balaban J connectivity index is 1.85. The number of fused-ring (bicyclic) bond motifs is 1. The van der Waals surface area contributed by atoms with Crippen LogP contribution in [0, 0.1) is 0 Å². The first-order chi connectivity index (χ1) is 9.28. The summed E-state index contributed by atoms with van der Waals surface area (Å²) in [5, 5.41) is 3.20. The van der Waals surface area contributed by atoms with Gasteiger partial charge in [-0.25, -0.2) is 4.98 Å². The van der Waals surface area contributed by atoms with E-state index in [9.17, 15) is 4.79 Å². The van der Waals surface area contributed by atoms with Crippen LogP contribution in [0.1, 0.15) is 16.9 Å². The van der Waals surface area contributed by atoms with Gasteiger partial charge in [0.15, 0.2) is 0 Å². The highest BCUT2D eigenvalue weighted by Crippen LogP contribution is 2.14. The predicted molar refractivity (Wildman–Crippen MR) is 72.9 cm³/mol. The molecular formula is C14H16N4O. The van der Waals surface area contributed by atoms with Crippen molar-refractivity contribution >= 4 is 16.9 Å². The van der Waals surface area contributed by atoms with Gasteiger partial charge in [0.25, 0.3) is 5.91 Å². The lowest BCUT2D eigenvalue weighted by molar-refractivity contribution is 0.0784. The maximum Gasteiger partial charge on any atom is 0.274 e. The average molecular weight is 256 g/mol. The summed E-state index contributed by atoms with van der Waals surface area (Å²) in [5.74, 6) is -0.0315. The zero-order valence-electron chi connectivity index (χ0n) is 10.8. The van der Waals surface area contributed by atoms with Gasteiger partial charge in [-0.3, -0.25) is 9.78 Å². The maximum absolute atomic E-state index is 12.3. The van der Waals surface area contributed by atoms with Crippen molar-refractivity contribution in [3.05, 3.63) is 36.2 Å². The van der Waals surface area contributed by atoms with Crippen LogP contribution in [-0.2, 0) is 0 Å². The standard InChI is InChI=1S/C14H16N4O/c1-15-10-6-7-18(9-10)14(19)13-8-16-11-4-2-3-5-12(11)17-13/h2-5,8,10,15H,6-7,9H2,1H3. The summed E-state index contributed by atoms with van der Waals surface area (Å²) in [6.07, 6.45) is 2.56. The highest BCUT2D eigenvalue weighted by Gasteiger charge is 2.26. The third kappa shape index (κ3) is 2.29. The molecule has 1 saturated heterocycles. The molecule has 5 nitrogen and oxygen atoms in total. The van der Waals surface area contributed by atoms with Crippen molar-refractivity contribution in [1.29, 1.82) is 0 Å². The Morgan fingerprint density at radius 1 is 1.37 bits per heavy atom. The molecule has 1 aliphatic rings. The van der Waals surface area contributed by atoms with Crippen LogP contribution in [-0.4, -0.2) is 47.0 Å². The lowest BCUT2D eigenvalue weighted by atomic mass is 10.3. The molecule has 2 aromatic rings. The highest BCUT2D eigenvalue weighted by molar-refractivity contribution is 5.94. The first kappa shape index (κ1) is 12.0. The summed E-state index contributed by atoms with van der Waals surface area (Å²) in [5.41, 5.74) is 2.00. The molecule has 1 unspecified atom stereocenters. The Morgan fingerprint density at radius 2 is 2.16 bits per heavy atom. The molecule has 19 heavy (non-hydrogen) atoms. The van der Waals surface area contributed by atoms with Crippen molar-refractivity contribution in [3.63, 3.8) is 0 Å². The zero-order chi connectivity index (χ0) is 13.2. The van der Waals surface area contributed by atoms with Gasteiger partial charge in [0.1, 0.15) is 5.69 Å². The minimum absolute atomic E-state index is 0.0315. The van der Waals surface area contributed by atoms with Crippen LogP contribution < -0.4 is 5.32 Å². The Morgan fingerprint density at radius 3 is 2.89 bits per heavy atom. The van der Waals surface area contributed by atoms with Crippen molar-refractivity contribution in [2.24, 2.45) is 0 Å². The summed E-state index contributed by atoms with van der Waals surface area (Å²) in [4.78, 5) is 22.9. The number of likely N-dealkylation sites (tertiary alicyclic amines) is 1. The van der Waals surface area contributed by atoms with Gasteiger partial charge in [-0.05, 0) is 25.6 Å². The van der Waals surface area contributed by atoms with Crippen LogP contribution >= 0.6 is 0 Å². The van der Waals surface area contributed by atoms with Crippen LogP contribution in [0.5, 0.6) is 0 Å². The van der Waals surface area contributed by atoms with Crippen LogP contribution in [0.3, 0.4) is 0 Å². The first-order valence-corrected chi connectivity index (χ1v) is 6.46. The van der Waals surface area contributed by atoms with E-state index in [1.807, 2.05) is 36.2 Å². The van der Waals surface area contributed by atoms with Crippen molar-refractivity contribution in [3.8, 4) is 0 Å². The third-order valence-corrected chi connectivity index (χ3v) is 3.55. The number of nitrogens with zero attached hydrogens (tertiary/aromatic N) is 3. The fourth-order valence-electron chi connectivity index (χ4n) is 2.40. The van der Waals surface area contributed by atoms with Gasteiger partial charge in [-0.15, -0.1) is 0 Å². The monoisotopic (exact) mass is 256 g/mol. The number of rotatable bonds is 2. The molecule has 0 saturated carbocycles. The zero-order valence-corrected chi connectivity index (χ0v) is 10.8. The number of para-hydroxylation sites is 2. The van der Waals surface area contributed by atoms with Crippen LogP contribution in [0.25, 0.3) is 11.0 Å². The van der Waals surface area contributed by atoms with Crippen LogP contribution in [0.2, 0.25) is 0 Å². The molecule has 1 aromatic heterocycles. The van der Waals surface area contributed by atoms with Crippen LogP contribution in [0.4, 0.5) is 0 Å². The third-order valence-electron chi connectivity index (χ3n) is 3.55. The topological polar surface area (TPSA) is 58.1 Å². The van der Waals surface area contributed by atoms with E-state index in [2.05, 4.69) is 15.3 Å². The van der Waals surface area contributed by atoms with E-state index >= 15 is 0 Å². The van der Waals surface area contributed by atoms with Gasteiger partial charge in [0.05, 0.1) is 17.2 Å². The Kier molecular flexibility index (Phi) is 3.13. The summed E-state index contributed by atoms with van der Waals surface area (Å²) in [6.45, 7) is 1.52. The number of amides is 1. The molecule has 0 radical (unpaired) electrons. The van der Waals surface area contributed by atoms with Gasteiger partial charge < -0.3 is 10.2 Å². The van der Waals surface area contributed by atoms with Gasteiger partial charge in [-0.2, -0.15) is 0 Å². The van der Waals surface area contributed by atoms with E-state index < -0.39 is 0 Å². The van der Waals surface area contributed by atoms with Crippen molar-refractivity contribution in [2.45, 2.75) is 12.5 Å². The van der Waals surface area contributed by atoms with Gasteiger partial charge in [-0.1, -0.05) is 12.1 Å². The van der Waals surface area contributed by atoms with E-state index in [-0.39, 0.29) is 5.91 Å². The highest BCUT2D eigenvalue weighted by atomic mass is 16.2. The largest absolute Gasteiger partial charge is 0.336 e. The average Bonchev–Trinajstić information content (AvgIpc) is 2.95. The number of likely N-dealkylation sites (N-methyl/N-ethyl adjacent to an activating group) is 1. The lowest BCUT2D eigenvalue weighted by Gasteiger charge is -2.15. The first-order valence-electron chi connectivity index (χ1n) is 6.46. The minimum atomic E-state index is -0.0315. The second-order valence-electron chi connectivity index (χ2n) is 4.77. The second-order valence-corrected chi connectivity index (χ2v) is 4.77. The quantitative estimate of drug-likeness (QED) is 0.873. The van der Waals surface area contributed by atoms with E-state index in [1.54, 1.807) is 6.20 Å². The SMILES string of the molecule is CNC1CCN(C(=O)c2cnc3ccccc3n2)C1. The smallest absolute Gasteiger partial charge is 0.274 e. The molecule has 0 spiro atoms. The number of hydrogen-bond donors (Lipinski definition) is 1. The Bertz CT molecular complexity index is 613. The van der Waals surface area contributed by atoms with Gasteiger partial charge >= 0.3 is 0 Å². The molecule has 1 N–H and O–H groups in total. The molecule has 1 fully saturated rings. The second kappa shape index (κ2) is 4.93. The summed E-state index contributed by atoms with van der Waals surface area (Å²) in [7, 11) is 1.93. The molecule has 5 heteroatoms. The Hall–Kier alpha value is -2.01. The number of benzene rings is 1. The molecule has 1 aromatic carbocycles. The normalized spacial score (nSPS) is 19.0. The molecule has 1 aliphatic heterocycles. The predicted octanol–water partition coefficient (Wildman–Crippen LogP) is 1.06. The molecule has 98 valence electrons. The van der Waals surface area contributed by atoms with E-state index in [0.717, 1.165) is 30.5 Å². The number of carbonyl (C=O) groups excluding carboxylic acids is 1. The van der Waals surface area contributed by atoms with Crippen molar-refractivity contribution < 1.29 is 4.79 Å². The molecular weight excluding hydrogens is 240 g/mol. The summed E-state index contributed by atoms with van der Waals surface area (Å²) in [6, 6.07) is 7.97. The molecule has 0 aliphatic carbocycles. The number of aromatic nitrogens is 2. The van der Waals surface area contributed by atoms with Crippen molar-refractivity contribution in [2.75, 3.05) is 20.1 Å². The van der Waals surface area contributed by atoms with Crippen LogP contribution in [0.15, 0.2) is 30.5 Å². The summed E-state index contributed by atoms with van der Waals surface area (Å²) < 4.78 is 0. The van der Waals surface area contributed by atoms with Crippen molar-refractivity contribution in [1.82, 2.24) is 20.2 Å². The maximum atomic E-state index is 12.3. The van der Waals surface area contributed by atoms with Gasteiger partial charge in [0.2, 0.25) is 0 Å². The molecule has 1 amide bonds. The Labute approximate surface area is 111 Å². The number of carbonyl (C=O) groups is 1. The fourth-order valence-corrected chi connectivity index (χ4v) is 2.40. The van der Waals surface area contributed by atoms with E-state index in [4.69, 9.17) is 0 Å². The molecule has 1 atom stereocenters. The number of nitrogens with one attached hydrogen (secondary N) is 1. The lowest BCUT2D eigenvalue weighted by Crippen LogP contribution is -2.33. The van der Waals surface area contributed by atoms with E-state index in [0.29, 0.717) is 11.7 Å². The molecule has 2 heterocycles. The van der Waals surface area contributed by atoms with E-state index in [1.165, 1.54) is 0 Å². The fraction of sp³-hybridized carbons (Fsp3) is 0.357. The molecule has 0 bridgehead atoms. The minimum Gasteiger partial charge on any atom is -0.336 e. The van der Waals surface area contributed by atoms with Gasteiger partial charge in [0, 0.05) is 19.1 Å². The number of hydrogen-bond acceptors (Lipinski definition) is 4.